The molecule has 6 nitrogen and oxygen atoms in total. The van der Waals surface area contributed by atoms with E-state index in [0.29, 0.717) is 13.1 Å². The maximum atomic E-state index is 12.3. The van der Waals surface area contributed by atoms with Crippen LogP contribution in [0.25, 0.3) is 0 Å². The highest BCUT2D eigenvalue weighted by Gasteiger charge is 2.48. The number of hydrogen-bond acceptors (Lipinski definition) is 5. The van der Waals surface area contributed by atoms with Crippen molar-refractivity contribution >= 4 is 15.9 Å². The molecular formula is C14H26N2O4S. The molecule has 0 radical (unpaired) electrons. The lowest BCUT2D eigenvalue weighted by molar-refractivity contribution is -0.00886. The van der Waals surface area contributed by atoms with E-state index in [0.717, 1.165) is 13.0 Å². The van der Waals surface area contributed by atoms with Crippen molar-refractivity contribution in [3.05, 3.63) is 0 Å². The van der Waals surface area contributed by atoms with Gasteiger partial charge in [-0.3, -0.25) is 4.90 Å². The van der Waals surface area contributed by atoms with Crippen LogP contribution in [0.3, 0.4) is 0 Å². The summed E-state index contributed by atoms with van der Waals surface area (Å²) in [6, 6.07) is -0.360. The van der Waals surface area contributed by atoms with Gasteiger partial charge in [-0.15, -0.1) is 0 Å². The van der Waals surface area contributed by atoms with Gasteiger partial charge in [0.05, 0.1) is 17.5 Å². The quantitative estimate of drug-likeness (QED) is 0.763. The summed E-state index contributed by atoms with van der Waals surface area (Å²) >= 11 is 0. The summed E-state index contributed by atoms with van der Waals surface area (Å²) in [4.78, 5) is 16.1. The fraction of sp³-hybridized carbons (Fsp3) is 0.929. The smallest absolute Gasteiger partial charge is 0.410 e. The molecule has 0 aromatic carbocycles. The van der Waals surface area contributed by atoms with Crippen LogP contribution in [0.15, 0.2) is 0 Å². The summed E-state index contributed by atoms with van der Waals surface area (Å²) in [5, 5.41) is 0. The highest BCUT2D eigenvalue weighted by atomic mass is 32.2. The van der Waals surface area contributed by atoms with Crippen LogP contribution in [0, 0.1) is 0 Å². The van der Waals surface area contributed by atoms with E-state index < -0.39 is 21.5 Å². The molecule has 7 heteroatoms. The van der Waals surface area contributed by atoms with E-state index in [-0.39, 0.29) is 23.6 Å². The minimum absolute atomic E-state index is 0.0527. The van der Waals surface area contributed by atoms with Crippen molar-refractivity contribution < 1.29 is 17.9 Å². The van der Waals surface area contributed by atoms with Crippen LogP contribution in [0.2, 0.25) is 0 Å². The van der Waals surface area contributed by atoms with Gasteiger partial charge in [0.25, 0.3) is 0 Å². The van der Waals surface area contributed by atoms with Crippen molar-refractivity contribution in [2.45, 2.75) is 51.8 Å². The number of piperazine rings is 1. The van der Waals surface area contributed by atoms with Gasteiger partial charge in [-0.1, -0.05) is 6.92 Å². The predicted molar refractivity (Wildman–Crippen MR) is 81.0 cm³/mol. The fourth-order valence-corrected chi connectivity index (χ4v) is 5.15. The third kappa shape index (κ3) is 3.88. The second-order valence-corrected chi connectivity index (χ2v) is 9.08. The van der Waals surface area contributed by atoms with E-state index in [1.54, 1.807) is 4.90 Å². The lowest BCUT2D eigenvalue weighted by Crippen LogP contribution is -2.61. The van der Waals surface area contributed by atoms with Gasteiger partial charge in [-0.05, 0) is 33.7 Å². The molecule has 2 aliphatic rings. The van der Waals surface area contributed by atoms with Gasteiger partial charge in [-0.25, -0.2) is 13.2 Å². The van der Waals surface area contributed by atoms with Crippen LogP contribution in [-0.4, -0.2) is 73.1 Å². The summed E-state index contributed by atoms with van der Waals surface area (Å²) < 4.78 is 29.4. The van der Waals surface area contributed by atoms with Crippen molar-refractivity contribution in [1.82, 2.24) is 9.80 Å². The molecule has 2 saturated heterocycles. The van der Waals surface area contributed by atoms with Crippen molar-refractivity contribution in [1.29, 1.82) is 0 Å². The molecule has 1 amide bonds. The molecule has 2 heterocycles. The zero-order valence-corrected chi connectivity index (χ0v) is 14.1. The minimum Gasteiger partial charge on any atom is -0.444 e. The molecule has 0 bridgehead atoms. The fourth-order valence-electron chi connectivity index (χ4n) is 3.14. The van der Waals surface area contributed by atoms with E-state index in [1.165, 1.54) is 0 Å². The van der Waals surface area contributed by atoms with Crippen LogP contribution in [0.4, 0.5) is 4.79 Å². The van der Waals surface area contributed by atoms with Crippen molar-refractivity contribution in [3.8, 4) is 0 Å². The number of hydrogen-bond donors (Lipinski definition) is 0. The van der Waals surface area contributed by atoms with Gasteiger partial charge in [0.15, 0.2) is 9.84 Å². The minimum atomic E-state index is -3.08. The van der Waals surface area contributed by atoms with Gasteiger partial charge in [0, 0.05) is 19.1 Å². The predicted octanol–water partition coefficient (Wildman–Crippen LogP) is 1.11. The van der Waals surface area contributed by atoms with Gasteiger partial charge in [0.2, 0.25) is 0 Å². The number of fused-ring (bicyclic) bond motifs is 1. The number of nitrogens with zero attached hydrogens (tertiary/aromatic N) is 2. The van der Waals surface area contributed by atoms with E-state index in [4.69, 9.17) is 4.74 Å². The molecule has 2 aliphatic heterocycles. The molecule has 21 heavy (non-hydrogen) atoms. The first-order valence-corrected chi connectivity index (χ1v) is 9.39. The van der Waals surface area contributed by atoms with E-state index in [9.17, 15) is 13.2 Å². The van der Waals surface area contributed by atoms with Crippen LogP contribution in [0.1, 0.15) is 34.1 Å². The summed E-state index contributed by atoms with van der Waals surface area (Å²) in [5.41, 5.74) is -0.565. The second-order valence-electron chi connectivity index (χ2n) is 6.92. The Morgan fingerprint density at radius 2 is 1.81 bits per heavy atom. The van der Waals surface area contributed by atoms with Crippen molar-refractivity contribution in [2.24, 2.45) is 0 Å². The number of carbonyl (C=O) groups is 1. The number of rotatable bonds is 2. The van der Waals surface area contributed by atoms with E-state index >= 15 is 0 Å². The van der Waals surface area contributed by atoms with E-state index in [1.807, 2.05) is 20.8 Å². The Balaban J connectivity index is 2.17. The first-order chi connectivity index (χ1) is 9.63. The summed E-state index contributed by atoms with van der Waals surface area (Å²) in [6.45, 7) is 9.66. The van der Waals surface area contributed by atoms with Gasteiger partial charge >= 0.3 is 6.09 Å². The standard InChI is InChI=1S/C14H26N2O4S/c1-5-6-15-7-8-16(13(17)20-14(2,3)4)12-10-21(18,19)9-11(12)15/h11-12H,5-10H2,1-4H3. The number of carbonyl (C=O) groups excluding carboxylic acids is 1. The molecule has 2 fully saturated rings. The summed E-state index contributed by atoms with van der Waals surface area (Å²) in [5.74, 6) is 0.202. The molecule has 122 valence electrons. The average molecular weight is 318 g/mol. The Bertz CT molecular complexity index is 498. The Kier molecular flexibility index (Phi) is 4.54. The summed E-state index contributed by atoms with van der Waals surface area (Å²) in [6.07, 6.45) is 0.584. The molecule has 2 unspecified atom stereocenters. The Morgan fingerprint density at radius 3 is 2.38 bits per heavy atom. The molecule has 2 atom stereocenters. The normalized spacial score (nSPS) is 29.2. The SMILES string of the molecule is CCCN1CCN(C(=O)OC(C)(C)C)C2CS(=O)(=O)CC21. The van der Waals surface area contributed by atoms with Crippen molar-refractivity contribution in [3.63, 3.8) is 0 Å². The molecule has 0 aliphatic carbocycles. The largest absolute Gasteiger partial charge is 0.444 e. The maximum Gasteiger partial charge on any atom is 0.410 e. The maximum absolute atomic E-state index is 12.3. The average Bonchev–Trinajstić information content (AvgIpc) is 2.62. The van der Waals surface area contributed by atoms with Crippen LogP contribution in [-0.2, 0) is 14.6 Å². The number of amides is 1. The first kappa shape index (κ1) is 16.5. The Morgan fingerprint density at radius 1 is 1.19 bits per heavy atom. The third-order valence-corrected chi connectivity index (χ3v) is 5.63. The highest BCUT2D eigenvalue weighted by molar-refractivity contribution is 7.91. The third-order valence-electron chi connectivity index (χ3n) is 3.93. The second kappa shape index (κ2) is 5.76. The first-order valence-electron chi connectivity index (χ1n) is 7.57. The van der Waals surface area contributed by atoms with Gasteiger partial charge in [-0.2, -0.15) is 0 Å². The molecule has 0 spiro atoms. The van der Waals surface area contributed by atoms with Crippen molar-refractivity contribution in [2.75, 3.05) is 31.1 Å². The number of sulfone groups is 1. The molecule has 2 rings (SSSR count). The zero-order chi connectivity index (χ0) is 15.8. The van der Waals surface area contributed by atoms with Gasteiger partial charge in [0.1, 0.15) is 5.60 Å². The monoisotopic (exact) mass is 318 g/mol. The lowest BCUT2D eigenvalue weighted by Gasteiger charge is -2.43. The molecular weight excluding hydrogens is 292 g/mol. The molecule has 0 saturated carbocycles. The Hall–Kier alpha value is -0.820. The molecule has 0 aromatic heterocycles. The molecule has 0 N–H and O–H groups in total. The van der Waals surface area contributed by atoms with E-state index in [2.05, 4.69) is 11.8 Å². The topological polar surface area (TPSA) is 66.9 Å². The highest BCUT2D eigenvalue weighted by Crippen LogP contribution is 2.28. The van der Waals surface area contributed by atoms with Crippen LogP contribution >= 0.6 is 0 Å². The number of ether oxygens (including phenoxy) is 1. The van der Waals surface area contributed by atoms with Gasteiger partial charge < -0.3 is 9.64 Å². The summed E-state index contributed by atoms with van der Waals surface area (Å²) in [7, 11) is -3.08. The molecule has 0 aromatic rings. The van der Waals surface area contributed by atoms with Crippen LogP contribution in [0.5, 0.6) is 0 Å². The lowest BCUT2D eigenvalue weighted by atomic mass is 10.1. The Labute approximate surface area is 127 Å². The zero-order valence-electron chi connectivity index (χ0n) is 13.3. The van der Waals surface area contributed by atoms with Crippen LogP contribution < -0.4 is 0 Å².